The van der Waals surface area contributed by atoms with Crippen molar-refractivity contribution >= 4 is 29.3 Å². The summed E-state index contributed by atoms with van der Waals surface area (Å²) in [5.41, 5.74) is 0.165. The van der Waals surface area contributed by atoms with Crippen LogP contribution in [-0.4, -0.2) is 34.4 Å². The summed E-state index contributed by atoms with van der Waals surface area (Å²) in [6, 6.07) is 3.36. The summed E-state index contributed by atoms with van der Waals surface area (Å²) >= 11 is 0. The summed E-state index contributed by atoms with van der Waals surface area (Å²) in [5.74, 6) is -2.07. The van der Waals surface area contributed by atoms with Gasteiger partial charge in [-0.1, -0.05) is 13.8 Å². The number of nitrogens with one attached hydrogen (secondary N) is 1. The Bertz CT molecular complexity index is 668. The number of anilines is 2. The second-order valence-corrected chi connectivity index (χ2v) is 6.65. The average Bonchev–Trinajstić information content (AvgIpc) is 2.83. The number of pyridine rings is 1. The van der Waals surface area contributed by atoms with Crippen LogP contribution in [0.15, 0.2) is 18.3 Å². The Labute approximate surface area is 133 Å². The summed E-state index contributed by atoms with van der Waals surface area (Å²) < 4.78 is 0. The zero-order valence-electron chi connectivity index (χ0n) is 13.1. The quantitative estimate of drug-likeness (QED) is 0.876. The molecule has 0 unspecified atom stereocenters. The summed E-state index contributed by atoms with van der Waals surface area (Å²) in [6.45, 7) is 4.22. The van der Waals surface area contributed by atoms with Gasteiger partial charge in [0.25, 0.3) is 0 Å². The average molecular weight is 317 g/mol. The molecule has 7 nitrogen and oxygen atoms in total. The van der Waals surface area contributed by atoms with Crippen LogP contribution in [-0.2, 0) is 14.4 Å². The van der Waals surface area contributed by atoms with Crippen LogP contribution < -0.4 is 10.2 Å². The van der Waals surface area contributed by atoms with Crippen molar-refractivity contribution in [3.63, 3.8) is 0 Å². The van der Waals surface area contributed by atoms with E-state index in [9.17, 15) is 14.4 Å². The van der Waals surface area contributed by atoms with Gasteiger partial charge >= 0.3 is 5.97 Å². The SMILES string of the molecule is CC1(C)[C@H](C(=O)O)[C@@H]1C(=O)Nc1ccc(N2CCCC2=O)cn1. The number of hydrogen-bond acceptors (Lipinski definition) is 4. The number of rotatable bonds is 4. The van der Waals surface area contributed by atoms with E-state index in [1.54, 1.807) is 37.1 Å². The van der Waals surface area contributed by atoms with Crippen molar-refractivity contribution in [2.75, 3.05) is 16.8 Å². The lowest BCUT2D eigenvalue weighted by Gasteiger charge is -2.15. The third-order valence-electron chi connectivity index (χ3n) is 4.76. The molecule has 2 amide bonds. The van der Waals surface area contributed by atoms with E-state index in [1.807, 2.05) is 0 Å². The number of carboxylic acids is 1. The normalized spacial score (nSPS) is 25.3. The maximum Gasteiger partial charge on any atom is 0.307 e. The Morgan fingerprint density at radius 1 is 1.35 bits per heavy atom. The molecule has 2 aliphatic rings. The number of aliphatic carboxylic acids is 1. The summed E-state index contributed by atoms with van der Waals surface area (Å²) in [7, 11) is 0. The van der Waals surface area contributed by atoms with Crippen molar-refractivity contribution in [2.45, 2.75) is 26.7 Å². The molecule has 1 saturated heterocycles. The Kier molecular flexibility index (Phi) is 3.58. The number of hydrogen-bond donors (Lipinski definition) is 2. The van der Waals surface area contributed by atoms with Gasteiger partial charge < -0.3 is 15.3 Å². The molecule has 1 saturated carbocycles. The predicted molar refractivity (Wildman–Crippen MR) is 82.9 cm³/mol. The molecule has 3 rings (SSSR count). The maximum absolute atomic E-state index is 12.2. The van der Waals surface area contributed by atoms with Crippen LogP contribution in [0, 0.1) is 17.3 Å². The molecule has 0 radical (unpaired) electrons. The molecule has 0 aromatic carbocycles. The van der Waals surface area contributed by atoms with Crippen LogP contribution in [0.3, 0.4) is 0 Å². The van der Waals surface area contributed by atoms with E-state index in [0.717, 1.165) is 6.42 Å². The zero-order chi connectivity index (χ0) is 16.8. The highest BCUT2D eigenvalue weighted by Gasteiger charge is 2.65. The van der Waals surface area contributed by atoms with E-state index < -0.39 is 23.2 Å². The molecule has 0 spiro atoms. The van der Waals surface area contributed by atoms with Gasteiger partial charge in [0.15, 0.2) is 0 Å². The number of nitrogens with zero attached hydrogens (tertiary/aromatic N) is 2. The molecular weight excluding hydrogens is 298 g/mol. The monoisotopic (exact) mass is 317 g/mol. The van der Waals surface area contributed by atoms with Gasteiger partial charge in [-0.3, -0.25) is 14.4 Å². The molecule has 1 aromatic heterocycles. The van der Waals surface area contributed by atoms with Gasteiger partial charge in [-0.15, -0.1) is 0 Å². The third kappa shape index (κ3) is 2.67. The third-order valence-corrected chi connectivity index (χ3v) is 4.76. The Balaban J connectivity index is 1.66. The fraction of sp³-hybridized carbons (Fsp3) is 0.500. The number of carbonyl (C=O) groups excluding carboxylic acids is 2. The summed E-state index contributed by atoms with van der Waals surface area (Å²) in [6.07, 6.45) is 2.93. The van der Waals surface area contributed by atoms with Gasteiger partial charge in [0, 0.05) is 13.0 Å². The fourth-order valence-corrected chi connectivity index (χ4v) is 3.33. The lowest BCUT2D eigenvalue weighted by Crippen LogP contribution is -2.24. The van der Waals surface area contributed by atoms with Crippen LogP contribution in [0.25, 0.3) is 0 Å². The molecule has 0 bridgehead atoms. The first kappa shape index (κ1) is 15.5. The van der Waals surface area contributed by atoms with Crippen LogP contribution >= 0.6 is 0 Å². The zero-order valence-corrected chi connectivity index (χ0v) is 13.1. The number of carbonyl (C=O) groups is 3. The largest absolute Gasteiger partial charge is 0.481 e. The topological polar surface area (TPSA) is 99.6 Å². The van der Waals surface area contributed by atoms with Crippen LogP contribution in [0.5, 0.6) is 0 Å². The fourth-order valence-electron chi connectivity index (χ4n) is 3.33. The second-order valence-electron chi connectivity index (χ2n) is 6.65. The second kappa shape index (κ2) is 5.33. The Morgan fingerprint density at radius 3 is 2.57 bits per heavy atom. The van der Waals surface area contributed by atoms with E-state index in [0.29, 0.717) is 24.5 Å². The van der Waals surface area contributed by atoms with Crippen LogP contribution in [0.4, 0.5) is 11.5 Å². The first-order valence-corrected chi connectivity index (χ1v) is 7.62. The molecule has 1 aromatic rings. The van der Waals surface area contributed by atoms with E-state index in [4.69, 9.17) is 5.11 Å². The molecule has 1 aliphatic carbocycles. The molecule has 23 heavy (non-hydrogen) atoms. The van der Waals surface area contributed by atoms with Crippen molar-refractivity contribution in [1.82, 2.24) is 4.98 Å². The Hall–Kier alpha value is -2.44. The van der Waals surface area contributed by atoms with Crippen LogP contribution in [0.1, 0.15) is 26.7 Å². The predicted octanol–water partition coefficient (Wildman–Crippen LogP) is 1.50. The minimum absolute atomic E-state index is 0.0765. The molecule has 122 valence electrons. The van der Waals surface area contributed by atoms with Gasteiger partial charge in [-0.25, -0.2) is 4.98 Å². The summed E-state index contributed by atoms with van der Waals surface area (Å²) in [5, 5.41) is 11.8. The van der Waals surface area contributed by atoms with Crippen LogP contribution in [0.2, 0.25) is 0 Å². The minimum Gasteiger partial charge on any atom is -0.481 e. The highest BCUT2D eigenvalue weighted by Crippen LogP contribution is 2.58. The molecule has 2 N–H and O–H groups in total. The maximum atomic E-state index is 12.2. The molecule has 2 heterocycles. The van der Waals surface area contributed by atoms with E-state index in [2.05, 4.69) is 10.3 Å². The molecule has 1 aliphatic heterocycles. The molecule has 2 atom stereocenters. The molecule has 7 heteroatoms. The van der Waals surface area contributed by atoms with Gasteiger partial charge in [-0.2, -0.15) is 0 Å². The molecule has 2 fully saturated rings. The van der Waals surface area contributed by atoms with Crippen molar-refractivity contribution < 1.29 is 19.5 Å². The summed E-state index contributed by atoms with van der Waals surface area (Å²) in [4.78, 5) is 40.9. The number of carboxylic acid groups (broad SMARTS) is 1. The van der Waals surface area contributed by atoms with Crippen molar-refractivity contribution in [3.05, 3.63) is 18.3 Å². The van der Waals surface area contributed by atoms with Gasteiger partial charge in [-0.05, 0) is 24.0 Å². The van der Waals surface area contributed by atoms with E-state index in [-0.39, 0.29) is 11.8 Å². The van der Waals surface area contributed by atoms with E-state index in [1.165, 1.54) is 0 Å². The first-order chi connectivity index (χ1) is 10.8. The van der Waals surface area contributed by atoms with Gasteiger partial charge in [0.2, 0.25) is 11.8 Å². The number of aromatic nitrogens is 1. The molecular formula is C16H19N3O4. The van der Waals surface area contributed by atoms with Crippen molar-refractivity contribution in [1.29, 1.82) is 0 Å². The first-order valence-electron chi connectivity index (χ1n) is 7.62. The van der Waals surface area contributed by atoms with Crippen molar-refractivity contribution in [2.24, 2.45) is 17.3 Å². The van der Waals surface area contributed by atoms with Gasteiger partial charge in [0.1, 0.15) is 5.82 Å². The highest BCUT2D eigenvalue weighted by molar-refractivity contribution is 5.99. The smallest absolute Gasteiger partial charge is 0.307 e. The minimum atomic E-state index is -0.953. The standard InChI is InChI=1S/C16H19N3O4/c1-16(2)12(13(16)15(22)23)14(21)18-10-6-5-9(8-17-10)19-7-3-4-11(19)20/h5-6,8,12-13H,3-4,7H2,1-2H3,(H,22,23)(H,17,18,21)/t12-,13+/m1/s1. The lowest BCUT2D eigenvalue weighted by molar-refractivity contribution is -0.140. The lowest BCUT2D eigenvalue weighted by atomic mass is 10.1. The Morgan fingerprint density at radius 2 is 2.09 bits per heavy atom. The highest BCUT2D eigenvalue weighted by atomic mass is 16.4. The van der Waals surface area contributed by atoms with E-state index >= 15 is 0 Å². The van der Waals surface area contributed by atoms with Gasteiger partial charge in [0.05, 0.1) is 23.7 Å². The number of amides is 2. The van der Waals surface area contributed by atoms with Crippen molar-refractivity contribution in [3.8, 4) is 0 Å².